The van der Waals surface area contributed by atoms with Gasteiger partial charge in [-0.05, 0) is 24.3 Å². The molecule has 5 heteroatoms. The monoisotopic (exact) mass is 256 g/mol. The maximum Gasteiger partial charge on any atom is 0.317 e. The van der Waals surface area contributed by atoms with E-state index in [1.54, 1.807) is 30.4 Å². The summed E-state index contributed by atoms with van der Waals surface area (Å²) in [6, 6.07) is 4.09. The summed E-state index contributed by atoms with van der Waals surface area (Å²) in [5.74, 6) is 0. The molecule has 0 aliphatic carbocycles. The maximum atomic E-state index is 11.6. The van der Waals surface area contributed by atoms with Crippen LogP contribution in [0.5, 0.6) is 0 Å². The maximum absolute atomic E-state index is 11.6. The van der Waals surface area contributed by atoms with Crippen LogP contribution in [-0.4, -0.2) is 44.8 Å². The van der Waals surface area contributed by atoms with E-state index < -0.39 is 0 Å². The van der Waals surface area contributed by atoms with Gasteiger partial charge in [-0.2, -0.15) is 0 Å². The Bertz CT molecular complexity index is 314. The summed E-state index contributed by atoms with van der Waals surface area (Å²) in [5, 5.41) is 4.95. The number of rotatable bonds is 7. The molecule has 0 unspecified atom stereocenters. The molecule has 1 aromatic heterocycles. The number of amides is 2. The van der Waals surface area contributed by atoms with Crippen molar-refractivity contribution >= 4 is 17.4 Å². The number of carbonyl (C=O) groups excluding carboxylic acids is 1. The van der Waals surface area contributed by atoms with Crippen LogP contribution in [0.25, 0.3) is 0 Å². The summed E-state index contributed by atoms with van der Waals surface area (Å²) in [4.78, 5) is 14.6. The number of methoxy groups -OCH3 is 1. The van der Waals surface area contributed by atoms with Crippen molar-refractivity contribution in [3.63, 3.8) is 0 Å². The minimum absolute atomic E-state index is 0.0161. The Morgan fingerprint density at radius 3 is 3.06 bits per heavy atom. The van der Waals surface area contributed by atoms with E-state index in [9.17, 15) is 4.79 Å². The summed E-state index contributed by atoms with van der Waals surface area (Å²) in [6.07, 6.45) is 1.76. The van der Waals surface area contributed by atoms with Crippen molar-refractivity contribution in [1.82, 2.24) is 10.2 Å². The van der Waals surface area contributed by atoms with Gasteiger partial charge in [0.2, 0.25) is 0 Å². The molecule has 2 amide bonds. The SMILES string of the molecule is COCCCN(C)C(=O)NCCc1cccs1. The van der Waals surface area contributed by atoms with Crippen LogP contribution >= 0.6 is 11.3 Å². The standard InChI is InChI=1S/C12H20N2O2S/c1-14(8-4-9-16-2)12(15)13-7-6-11-5-3-10-17-11/h3,5,10H,4,6-9H2,1-2H3,(H,13,15). The Kier molecular flexibility index (Phi) is 6.65. The predicted molar refractivity (Wildman–Crippen MR) is 70.5 cm³/mol. The highest BCUT2D eigenvalue weighted by Gasteiger charge is 2.06. The Hall–Kier alpha value is -1.07. The lowest BCUT2D eigenvalue weighted by Gasteiger charge is -2.17. The first-order valence-corrected chi connectivity index (χ1v) is 6.62. The van der Waals surface area contributed by atoms with Crippen molar-refractivity contribution in [2.24, 2.45) is 0 Å². The van der Waals surface area contributed by atoms with Gasteiger partial charge in [0.15, 0.2) is 0 Å². The zero-order valence-corrected chi connectivity index (χ0v) is 11.3. The molecule has 0 bridgehead atoms. The lowest BCUT2D eigenvalue weighted by atomic mass is 10.3. The Balaban J connectivity index is 2.11. The normalized spacial score (nSPS) is 10.2. The second-order valence-electron chi connectivity index (χ2n) is 3.83. The topological polar surface area (TPSA) is 41.6 Å². The molecular formula is C12H20N2O2S. The third-order valence-corrected chi connectivity index (χ3v) is 3.35. The van der Waals surface area contributed by atoms with Crippen LogP contribution in [0.3, 0.4) is 0 Å². The first-order valence-electron chi connectivity index (χ1n) is 5.74. The number of nitrogens with one attached hydrogen (secondary N) is 1. The van der Waals surface area contributed by atoms with E-state index in [2.05, 4.69) is 11.4 Å². The molecule has 0 aliphatic rings. The average Bonchev–Trinajstić information content (AvgIpc) is 2.82. The highest BCUT2D eigenvalue weighted by atomic mass is 32.1. The fourth-order valence-corrected chi connectivity index (χ4v) is 2.14. The number of nitrogens with zero attached hydrogens (tertiary/aromatic N) is 1. The molecule has 1 N–H and O–H groups in total. The first-order chi connectivity index (χ1) is 8.24. The molecule has 0 fully saturated rings. The van der Waals surface area contributed by atoms with Crippen molar-refractivity contribution in [1.29, 1.82) is 0 Å². The summed E-state index contributed by atoms with van der Waals surface area (Å²) in [6.45, 7) is 2.10. The molecule has 0 atom stereocenters. The number of thiophene rings is 1. The Morgan fingerprint density at radius 2 is 2.41 bits per heavy atom. The smallest absolute Gasteiger partial charge is 0.317 e. The van der Waals surface area contributed by atoms with Gasteiger partial charge in [-0.25, -0.2) is 4.79 Å². The zero-order valence-electron chi connectivity index (χ0n) is 10.4. The fraction of sp³-hybridized carbons (Fsp3) is 0.583. The van der Waals surface area contributed by atoms with Crippen molar-refractivity contribution in [3.05, 3.63) is 22.4 Å². The second kappa shape index (κ2) is 8.08. The zero-order chi connectivity index (χ0) is 12.5. The first kappa shape index (κ1) is 14.0. The van der Waals surface area contributed by atoms with E-state index in [0.717, 1.165) is 19.4 Å². The van der Waals surface area contributed by atoms with Crippen molar-refractivity contribution in [3.8, 4) is 0 Å². The lowest BCUT2D eigenvalue weighted by Crippen LogP contribution is -2.38. The van der Waals surface area contributed by atoms with Gasteiger partial charge in [-0.3, -0.25) is 0 Å². The van der Waals surface area contributed by atoms with Crippen LogP contribution in [0, 0.1) is 0 Å². The summed E-state index contributed by atoms with van der Waals surface area (Å²) in [7, 11) is 3.47. The third kappa shape index (κ3) is 5.70. The minimum atomic E-state index is -0.0161. The highest BCUT2D eigenvalue weighted by molar-refractivity contribution is 7.09. The van der Waals surface area contributed by atoms with Crippen LogP contribution < -0.4 is 5.32 Å². The van der Waals surface area contributed by atoms with Crippen molar-refractivity contribution in [2.45, 2.75) is 12.8 Å². The van der Waals surface area contributed by atoms with Crippen LogP contribution in [0.15, 0.2) is 17.5 Å². The average molecular weight is 256 g/mol. The minimum Gasteiger partial charge on any atom is -0.385 e. The quantitative estimate of drug-likeness (QED) is 0.758. The van der Waals surface area contributed by atoms with E-state index in [1.165, 1.54) is 4.88 Å². The number of hydrogen-bond donors (Lipinski definition) is 1. The molecule has 0 spiro atoms. The van der Waals surface area contributed by atoms with Gasteiger partial charge in [-0.1, -0.05) is 6.07 Å². The number of carbonyl (C=O) groups is 1. The third-order valence-electron chi connectivity index (χ3n) is 2.42. The van der Waals surface area contributed by atoms with Crippen molar-refractivity contribution in [2.75, 3.05) is 33.9 Å². The molecule has 4 nitrogen and oxygen atoms in total. The summed E-state index contributed by atoms with van der Waals surface area (Å²) in [5.41, 5.74) is 0. The Morgan fingerprint density at radius 1 is 1.59 bits per heavy atom. The van der Waals surface area contributed by atoms with Gasteiger partial charge in [0, 0.05) is 38.7 Å². The van der Waals surface area contributed by atoms with Crippen LogP contribution in [0.1, 0.15) is 11.3 Å². The van der Waals surface area contributed by atoms with E-state index >= 15 is 0 Å². The molecule has 0 saturated carbocycles. The number of urea groups is 1. The number of hydrogen-bond acceptors (Lipinski definition) is 3. The van der Waals surface area contributed by atoms with E-state index in [4.69, 9.17) is 4.74 Å². The number of ether oxygens (including phenoxy) is 1. The highest BCUT2D eigenvalue weighted by Crippen LogP contribution is 2.08. The largest absolute Gasteiger partial charge is 0.385 e. The second-order valence-corrected chi connectivity index (χ2v) is 4.86. The molecule has 0 aliphatic heterocycles. The molecule has 96 valence electrons. The molecule has 0 radical (unpaired) electrons. The van der Waals surface area contributed by atoms with Gasteiger partial charge in [0.05, 0.1) is 0 Å². The molecule has 1 rings (SSSR count). The molecule has 17 heavy (non-hydrogen) atoms. The lowest BCUT2D eigenvalue weighted by molar-refractivity contribution is 0.175. The van der Waals surface area contributed by atoms with Crippen LogP contribution in [-0.2, 0) is 11.2 Å². The van der Waals surface area contributed by atoms with E-state index in [0.29, 0.717) is 13.2 Å². The molecule has 1 aromatic rings. The van der Waals surface area contributed by atoms with Gasteiger partial charge >= 0.3 is 6.03 Å². The van der Waals surface area contributed by atoms with Crippen molar-refractivity contribution < 1.29 is 9.53 Å². The molecule has 0 saturated heterocycles. The van der Waals surface area contributed by atoms with E-state index in [1.807, 2.05) is 11.4 Å². The Labute approximate surface area is 107 Å². The summed E-state index contributed by atoms with van der Waals surface area (Å²) >= 11 is 1.72. The van der Waals surface area contributed by atoms with Crippen LogP contribution in [0.4, 0.5) is 4.79 Å². The van der Waals surface area contributed by atoms with E-state index in [-0.39, 0.29) is 6.03 Å². The van der Waals surface area contributed by atoms with Gasteiger partial charge in [0.25, 0.3) is 0 Å². The summed E-state index contributed by atoms with van der Waals surface area (Å²) < 4.78 is 4.95. The predicted octanol–water partition coefficient (Wildman–Crippen LogP) is 1.97. The molecule has 1 heterocycles. The molecule has 0 aromatic carbocycles. The van der Waals surface area contributed by atoms with Gasteiger partial charge in [-0.15, -0.1) is 11.3 Å². The van der Waals surface area contributed by atoms with Gasteiger partial charge < -0.3 is 15.0 Å². The fourth-order valence-electron chi connectivity index (χ4n) is 1.43. The van der Waals surface area contributed by atoms with Crippen LogP contribution in [0.2, 0.25) is 0 Å². The molecular weight excluding hydrogens is 236 g/mol. The van der Waals surface area contributed by atoms with Gasteiger partial charge in [0.1, 0.15) is 0 Å².